The summed E-state index contributed by atoms with van der Waals surface area (Å²) in [6.45, 7) is 14.0. The first-order valence-electron chi connectivity index (χ1n) is 9.50. The topological polar surface area (TPSA) is 9.23 Å². The van der Waals surface area contributed by atoms with Gasteiger partial charge in [-0.1, -0.05) is 101 Å². The predicted octanol–water partition coefficient (Wildman–Crippen LogP) is 1.81. The number of allylic oxidation sites excluding steroid dienone is 1. The Morgan fingerprint density at radius 3 is 1.75 bits per heavy atom. The molecule has 0 fully saturated rings. The molecule has 0 aliphatic heterocycles. The third-order valence-electron chi connectivity index (χ3n) is 4.41. The standard InChI is InChI=1S/C24H31OSi2.Li/c1-24(2,3)27(22-16-10-7-11-17-22,23-18-12-8-13-19-23)25-20-14-9-15-21-26(4,5)6;/h7-13,16-19H,20H2,1-6H3;/q-1;+1. The maximum Gasteiger partial charge on any atom is 1.00 e. The van der Waals surface area contributed by atoms with Crippen molar-refractivity contribution >= 4 is 26.8 Å². The van der Waals surface area contributed by atoms with Gasteiger partial charge in [0.2, 0.25) is 0 Å². The second-order valence-electron chi connectivity index (χ2n) is 8.82. The van der Waals surface area contributed by atoms with Crippen LogP contribution in [0.1, 0.15) is 20.8 Å². The SMILES string of the molecule is CC(C)(C)[Si](OC[C-]=CC#C[Si](C)(C)C)(c1ccccc1)c1ccccc1.[Li+]. The molecule has 0 heterocycles. The summed E-state index contributed by atoms with van der Waals surface area (Å²) in [4.78, 5) is 0. The zero-order valence-corrected chi connectivity index (χ0v) is 20.5. The molecule has 0 saturated heterocycles. The van der Waals surface area contributed by atoms with Gasteiger partial charge in [0.1, 0.15) is 8.07 Å². The molecule has 0 saturated carbocycles. The molecule has 0 aliphatic carbocycles. The Kier molecular flexibility index (Phi) is 9.28. The van der Waals surface area contributed by atoms with Crippen molar-refractivity contribution in [2.24, 2.45) is 0 Å². The average molecular weight is 399 g/mol. The van der Waals surface area contributed by atoms with E-state index in [9.17, 15) is 0 Å². The van der Waals surface area contributed by atoms with Crippen LogP contribution in [0.15, 0.2) is 66.7 Å². The van der Waals surface area contributed by atoms with Gasteiger partial charge in [-0.3, -0.25) is 0 Å². The van der Waals surface area contributed by atoms with E-state index < -0.39 is 16.4 Å². The molecule has 4 heteroatoms. The molecular formula is C24H31LiOSi2. The van der Waals surface area contributed by atoms with Crippen LogP contribution in [0.2, 0.25) is 24.7 Å². The van der Waals surface area contributed by atoms with Gasteiger partial charge in [-0.15, -0.1) is 0 Å². The predicted molar refractivity (Wildman–Crippen MR) is 123 cm³/mol. The van der Waals surface area contributed by atoms with Crippen LogP contribution in [0.5, 0.6) is 0 Å². The van der Waals surface area contributed by atoms with Gasteiger partial charge in [-0.05, 0) is 22.0 Å². The molecule has 2 aromatic rings. The molecule has 0 spiro atoms. The first-order chi connectivity index (χ1) is 12.7. The molecule has 0 aromatic heterocycles. The Bertz CT molecular complexity index is 767. The second-order valence-corrected chi connectivity index (χ2v) is 17.9. The van der Waals surface area contributed by atoms with E-state index in [1.807, 2.05) is 6.08 Å². The molecule has 0 amide bonds. The summed E-state index contributed by atoms with van der Waals surface area (Å²) >= 11 is 0. The van der Waals surface area contributed by atoms with Crippen LogP contribution in [-0.4, -0.2) is 23.0 Å². The summed E-state index contributed by atoms with van der Waals surface area (Å²) in [5.74, 6) is 3.14. The van der Waals surface area contributed by atoms with Gasteiger partial charge in [0.25, 0.3) is 8.32 Å². The fourth-order valence-corrected chi connectivity index (χ4v) is 8.22. The summed E-state index contributed by atoms with van der Waals surface area (Å²) in [6, 6.07) is 21.4. The molecule has 28 heavy (non-hydrogen) atoms. The van der Waals surface area contributed by atoms with Gasteiger partial charge in [0.15, 0.2) is 0 Å². The first kappa shape index (κ1) is 24.8. The Balaban J connectivity index is 0.00000392. The molecule has 1 nitrogen and oxygen atoms in total. The van der Waals surface area contributed by atoms with Crippen molar-refractivity contribution < 1.29 is 23.3 Å². The van der Waals surface area contributed by atoms with Crippen LogP contribution >= 0.6 is 0 Å². The van der Waals surface area contributed by atoms with Gasteiger partial charge in [-0.25, -0.2) is 17.7 Å². The number of hydrogen-bond donors (Lipinski definition) is 0. The fraction of sp³-hybridized carbons (Fsp3) is 0.333. The zero-order valence-electron chi connectivity index (χ0n) is 18.5. The average Bonchev–Trinajstić information content (AvgIpc) is 2.61. The number of hydrogen-bond acceptors (Lipinski definition) is 1. The Hall–Kier alpha value is -1.27. The minimum Gasteiger partial charge on any atom is -0.422 e. The van der Waals surface area contributed by atoms with Gasteiger partial charge in [-0.2, -0.15) is 0 Å². The van der Waals surface area contributed by atoms with E-state index in [2.05, 4.69) is 119 Å². The number of benzene rings is 2. The molecular weight excluding hydrogens is 367 g/mol. The molecule has 0 unspecified atom stereocenters. The summed E-state index contributed by atoms with van der Waals surface area (Å²) in [6.07, 6.45) is 5.09. The van der Waals surface area contributed by atoms with Crippen LogP contribution in [0, 0.1) is 17.5 Å². The molecule has 2 rings (SSSR count). The normalized spacial score (nSPS) is 12.2. The third-order valence-corrected chi connectivity index (χ3v) is 10.3. The molecule has 0 N–H and O–H groups in total. The largest absolute Gasteiger partial charge is 1.00 e. The molecule has 142 valence electrons. The van der Waals surface area contributed by atoms with Crippen molar-refractivity contribution in [2.75, 3.05) is 6.61 Å². The molecule has 0 bridgehead atoms. The van der Waals surface area contributed by atoms with Gasteiger partial charge < -0.3 is 10.3 Å². The quantitative estimate of drug-likeness (QED) is 0.424. The van der Waals surface area contributed by atoms with Gasteiger partial charge in [0, 0.05) is 0 Å². The monoisotopic (exact) mass is 398 g/mol. The summed E-state index contributed by atoms with van der Waals surface area (Å²) in [5.41, 5.74) is 3.34. The van der Waals surface area contributed by atoms with E-state index in [0.29, 0.717) is 6.61 Å². The van der Waals surface area contributed by atoms with Gasteiger partial charge in [0.05, 0.1) is 0 Å². The van der Waals surface area contributed by atoms with E-state index in [4.69, 9.17) is 4.43 Å². The van der Waals surface area contributed by atoms with E-state index in [1.54, 1.807) is 0 Å². The maximum atomic E-state index is 6.74. The van der Waals surface area contributed by atoms with E-state index in [-0.39, 0.29) is 23.9 Å². The van der Waals surface area contributed by atoms with Crippen molar-refractivity contribution in [2.45, 2.75) is 45.5 Å². The molecule has 0 radical (unpaired) electrons. The zero-order chi connectivity index (χ0) is 20.0. The molecule has 2 aromatic carbocycles. The van der Waals surface area contributed by atoms with E-state index in [1.165, 1.54) is 10.4 Å². The van der Waals surface area contributed by atoms with Crippen molar-refractivity contribution in [3.8, 4) is 11.5 Å². The first-order valence-corrected chi connectivity index (χ1v) is 14.9. The summed E-state index contributed by atoms with van der Waals surface area (Å²) in [5, 5.41) is 2.57. The Labute approximate surface area is 185 Å². The van der Waals surface area contributed by atoms with Crippen molar-refractivity contribution in [1.82, 2.24) is 0 Å². The van der Waals surface area contributed by atoms with Crippen molar-refractivity contribution in [3.05, 3.63) is 72.8 Å². The summed E-state index contributed by atoms with van der Waals surface area (Å²) < 4.78 is 6.74. The fourth-order valence-electron chi connectivity index (χ4n) is 3.26. The van der Waals surface area contributed by atoms with Gasteiger partial charge >= 0.3 is 18.9 Å². The van der Waals surface area contributed by atoms with Crippen LogP contribution in [0.3, 0.4) is 0 Å². The Morgan fingerprint density at radius 2 is 1.36 bits per heavy atom. The minimum absolute atomic E-state index is 0. The van der Waals surface area contributed by atoms with Crippen LogP contribution in [-0.2, 0) is 4.43 Å². The summed E-state index contributed by atoms with van der Waals surface area (Å²) in [7, 11) is -3.82. The second kappa shape index (κ2) is 10.5. The van der Waals surface area contributed by atoms with E-state index >= 15 is 0 Å². The molecule has 0 atom stereocenters. The van der Waals surface area contributed by atoms with Crippen molar-refractivity contribution in [3.63, 3.8) is 0 Å². The van der Waals surface area contributed by atoms with E-state index in [0.717, 1.165) is 0 Å². The van der Waals surface area contributed by atoms with Crippen LogP contribution in [0.4, 0.5) is 0 Å². The van der Waals surface area contributed by atoms with Crippen LogP contribution in [0.25, 0.3) is 0 Å². The molecule has 0 aliphatic rings. The smallest absolute Gasteiger partial charge is 0.422 e. The van der Waals surface area contributed by atoms with Crippen LogP contribution < -0.4 is 29.2 Å². The minimum atomic E-state index is -2.47. The van der Waals surface area contributed by atoms with Crippen molar-refractivity contribution in [1.29, 1.82) is 0 Å². The Morgan fingerprint density at radius 1 is 0.893 bits per heavy atom. The third kappa shape index (κ3) is 6.38. The maximum absolute atomic E-state index is 6.74. The number of rotatable bonds is 5.